The standard InChI is InChI=1S/C13H9FN2S/c14-13(10-15,12-8-4-5-9-16-12)17-11-6-2-1-3-7-11/h1-9H. The lowest BCUT2D eigenvalue weighted by atomic mass is 10.2. The number of alkyl halides is 1. The van der Waals surface area contributed by atoms with Crippen LogP contribution in [-0.4, -0.2) is 4.98 Å². The number of benzene rings is 1. The third kappa shape index (κ3) is 2.63. The van der Waals surface area contributed by atoms with Gasteiger partial charge in [0.1, 0.15) is 11.8 Å². The van der Waals surface area contributed by atoms with Crippen LogP contribution in [0.2, 0.25) is 0 Å². The molecule has 0 saturated heterocycles. The summed E-state index contributed by atoms with van der Waals surface area (Å²) in [5.41, 5.74) is 0.122. The average Bonchev–Trinajstić information content (AvgIpc) is 2.41. The van der Waals surface area contributed by atoms with Gasteiger partial charge in [0, 0.05) is 11.1 Å². The molecule has 1 unspecified atom stereocenters. The van der Waals surface area contributed by atoms with E-state index in [1.54, 1.807) is 42.5 Å². The highest BCUT2D eigenvalue weighted by atomic mass is 32.2. The number of aromatic nitrogens is 1. The van der Waals surface area contributed by atoms with Crippen molar-refractivity contribution in [1.29, 1.82) is 5.26 Å². The van der Waals surface area contributed by atoms with Gasteiger partial charge in [0.15, 0.2) is 0 Å². The van der Waals surface area contributed by atoms with Crippen LogP contribution in [0, 0.1) is 11.3 Å². The highest BCUT2D eigenvalue weighted by Crippen LogP contribution is 2.41. The molecule has 4 heteroatoms. The summed E-state index contributed by atoms with van der Waals surface area (Å²) in [5.74, 6) is 0. The molecule has 17 heavy (non-hydrogen) atoms. The van der Waals surface area contributed by atoms with E-state index in [1.165, 1.54) is 12.3 Å². The predicted molar refractivity (Wildman–Crippen MR) is 64.9 cm³/mol. The zero-order valence-electron chi connectivity index (χ0n) is 8.88. The van der Waals surface area contributed by atoms with Gasteiger partial charge < -0.3 is 0 Å². The second kappa shape index (κ2) is 4.98. The van der Waals surface area contributed by atoms with Gasteiger partial charge in [0.05, 0.1) is 0 Å². The molecule has 0 amide bonds. The number of hydrogen-bond donors (Lipinski definition) is 0. The maximum absolute atomic E-state index is 14.5. The largest absolute Gasteiger partial charge is 0.287 e. The molecule has 0 bridgehead atoms. The van der Waals surface area contributed by atoms with E-state index in [9.17, 15) is 4.39 Å². The van der Waals surface area contributed by atoms with E-state index in [0.717, 1.165) is 11.8 Å². The van der Waals surface area contributed by atoms with E-state index >= 15 is 0 Å². The van der Waals surface area contributed by atoms with Gasteiger partial charge >= 0.3 is 0 Å². The molecule has 2 aromatic rings. The Hall–Kier alpha value is -1.86. The second-order valence-corrected chi connectivity index (χ2v) is 4.58. The van der Waals surface area contributed by atoms with Gasteiger partial charge in [-0.2, -0.15) is 5.26 Å². The van der Waals surface area contributed by atoms with E-state index in [0.29, 0.717) is 4.90 Å². The second-order valence-electron chi connectivity index (χ2n) is 3.34. The van der Waals surface area contributed by atoms with E-state index in [2.05, 4.69) is 4.98 Å². The fourth-order valence-electron chi connectivity index (χ4n) is 1.34. The molecule has 0 aliphatic carbocycles. The van der Waals surface area contributed by atoms with Gasteiger partial charge in [-0.25, -0.2) is 4.39 Å². The smallest absolute Gasteiger partial charge is 0.256 e. The van der Waals surface area contributed by atoms with Crippen LogP contribution >= 0.6 is 11.8 Å². The molecule has 1 atom stereocenters. The summed E-state index contributed by atoms with van der Waals surface area (Å²) in [5, 5.41) is 6.86. The van der Waals surface area contributed by atoms with Crippen LogP contribution in [0.25, 0.3) is 0 Å². The quantitative estimate of drug-likeness (QED) is 0.775. The molecular formula is C13H9FN2S. The van der Waals surface area contributed by atoms with Crippen LogP contribution in [0.5, 0.6) is 0 Å². The zero-order chi connectivity index (χ0) is 12.1. The Kier molecular flexibility index (Phi) is 3.40. The van der Waals surface area contributed by atoms with Crippen molar-refractivity contribution in [2.75, 3.05) is 0 Å². The molecule has 0 radical (unpaired) electrons. The van der Waals surface area contributed by atoms with E-state index in [-0.39, 0.29) is 5.69 Å². The van der Waals surface area contributed by atoms with Crippen LogP contribution in [-0.2, 0) is 5.00 Å². The Morgan fingerprint density at radius 2 is 1.82 bits per heavy atom. The molecule has 84 valence electrons. The first-order valence-corrected chi connectivity index (χ1v) is 5.82. The molecule has 0 aliphatic rings. The number of thioether (sulfide) groups is 1. The van der Waals surface area contributed by atoms with Crippen molar-refractivity contribution in [3.05, 3.63) is 60.4 Å². The molecular weight excluding hydrogens is 235 g/mol. The lowest BCUT2D eigenvalue weighted by molar-refractivity contribution is 0.368. The summed E-state index contributed by atoms with van der Waals surface area (Å²) < 4.78 is 14.5. The van der Waals surface area contributed by atoms with Crippen molar-refractivity contribution < 1.29 is 4.39 Å². The van der Waals surface area contributed by atoms with Crippen LogP contribution in [0.15, 0.2) is 59.6 Å². The maximum atomic E-state index is 14.5. The van der Waals surface area contributed by atoms with Crippen LogP contribution < -0.4 is 0 Å². The van der Waals surface area contributed by atoms with E-state index in [4.69, 9.17) is 5.26 Å². The normalized spacial score (nSPS) is 13.6. The minimum absolute atomic E-state index is 0.122. The third-order valence-electron chi connectivity index (χ3n) is 2.14. The van der Waals surface area contributed by atoms with Gasteiger partial charge in [0.25, 0.3) is 5.00 Å². The lowest BCUT2D eigenvalue weighted by Crippen LogP contribution is -2.14. The molecule has 1 heterocycles. The molecule has 2 nitrogen and oxygen atoms in total. The summed E-state index contributed by atoms with van der Waals surface area (Å²) in [6, 6.07) is 15.5. The van der Waals surface area contributed by atoms with Crippen molar-refractivity contribution in [2.24, 2.45) is 0 Å². The summed E-state index contributed by atoms with van der Waals surface area (Å²) in [6.45, 7) is 0. The van der Waals surface area contributed by atoms with Crippen LogP contribution in [0.4, 0.5) is 4.39 Å². The molecule has 0 spiro atoms. The van der Waals surface area contributed by atoms with Crippen LogP contribution in [0.1, 0.15) is 5.69 Å². The minimum Gasteiger partial charge on any atom is -0.256 e. The molecule has 0 aliphatic heterocycles. The Morgan fingerprint density at radius 1 is 1.12 bits per heavy atom. The van der Waals surface area contributed by atoms with Crippen molar-refractivity contribution in [3.63, 3.8) is 0 Å². The Bertz CT molecular complexity index is 524. The Labute approximate surface area is 103 Å². The monoisotopic (exact) mass is 244 g/mol. The number of rotatable bonds is 3. The fraction of sp³-hybridized carbons (Fsp3) is 0.0769. The van der Waals surface area contributed by atoms with Gasteiger partial charge in [-0.05, 0) is 24.3 Å². The molecule has 1 aromatic heterocycles. The molecule has 0 N–H and O–H groups in total. The SMILES string of the molecule is N#CC(F)(Sc1ccccc1)c1ccccn1. The van der Waals surface area contributed by atoms with Crippen molar-refractivity contribution >= 4 is 11.8 Å². The first kappa shape index (κ1) is 11.6. The number of hydrogen-bond acceptors (Lipinski definition) is 3. The van der Waals surface area contributed by atoms with Gasteiger partial charge in [-0.1, -0.05) is 36.0 Å². The first-order valence-electron chi connectivity index (χ1n) is 5.00. The number of pyridine rings is 1. The first-order chi connectivity index (χ1) is 8.24. The lowest BCUT2D eigenvalue weighted by Gasteiger charge is -2.15. The maximum Gasteiger partial charge on any atom is 0.287 e. The van der Waals surface area contributed by atoms with Crippen molar-refractivity contribution in [1.82, 2.24) is 4.98 Å². The average molecular weight is 244 g/mol. The number of nitriles is 1. The van der Waals surface area contributed by atoms with E-state index < -0.39 is 5.00 Å². The number of nitrogens with zero attached hydrogens (tertiary/aromatic N) is 2. The highest BCUT2D eigenvalue weighted by Gasteiger charge is 2.34. The molecule has 1 aromatic carbocycles. The topological polar surface area (TPSA) is 36.7 Å². The number of halogens is 1. The van der Waals surface area contributed by atoms with E-state index in [1.807, 2.05) is 6.07 Å². The third-order valence-corrected chi connectivity index (χ3v) is 3.23. The highest BCUT2D eigenvalue weighted by molar-refractivity contribution is 8.00. The van der Waals surface area contributed by atoms with Gasteiger partial charge in [-0.15, -0.1) is 0 Å². The van der Waals surface area contributed by atoms with Crippen molar-refractivity contribution in [2.45, 2.75) is 9.90 Å². The minimum atomic E-state index is -2.15. The molecule has 0 saturated carbocycles. The molecule has 0 fully saturated rings. The summed E-state index contributed by atoms with van der Waals surface area (Å²) in [6.07, 6.45) is 1.48. The fourth-order valence-corrected chi connectivity index (χ4v) is 2.23. The zero-order valence-corrected chi connectivity index (χ0v) is 9.69. The Morgan fingerprint density at radius 3 is 2.41 bits per heavy atom. The summed E-state index contributed by atoms with van der Waals surface area (Å²) in [7, 11) is 0. The van der Waals surface area contributed by atoms with Crippen molar-refractivity contribution in [3.8, 4) is 6.07 Å². The predicted octanol–water partition coefficient (Wildman–Crippen LogP) is 3.52. The summed E-state index contributed by atoms with van der Waals surface area (Å²) in [4.78, 5) is 4.60. The van der Waals surface area contributed by atoms with Gasteiger partial charge in [0.2, 0.25) is 0 Å². The summed E-state index contributed by atoms with van der Waals surface area (Å²) >= 11 is 0.854. The molecule has 2 rings (SSSR count). The van der Waals surface area contributed by atoms with Gasteiger partial charge in [-0.3, -0.25) is 4.98 Å². The Balaban J connectivity index is 2.31. The van der Waals surface area contributed by atoms with Crippen LogP contribution in [0.3, 0.4) is 0 Å².